The summed E-state index contributed by atoms with van der Waals surface area (Å²) >= 11 is 7.32. The fourth-order valence-electron chi connectivity index (χ4n) is 1.74. The minimum Gasteiger partial charge on any atom is -0.368 e. The van der Waals surface area contributed by atoms with E-state index in [1.54, 1.807) is 12.1 Å². The van der Waals surface area contributed by atoms with Gasteiger partial charge in [0, 0.05) is 9.92 Å². The lowest BCUT2D eigenvalue weighted by Gasteiger charge is -2.26. The third-order valence-corrected chi connectivity index (χ3v) is 4.54. The van der Waals surface area contributed by atoms with E-state index in [-0.39, 0.29) is 5.91 Å². The van der Waals surface area contributed by atoms with Crippen LogP contribution in [0.1, 0.15) is 12.5 Å². The number of rotatable bonds is 4. The molecule has 0 aliphatic rings. The molecule has 2 nitrogen and oxygen atoms in total. The van der Waals surface area contributed by atoms with Gasteiger partial charge >= 0.3 is 0 Å². The van der Waals surface area contributed by atoms with Gasteiger partial charge in [-0.3, -0.25) is 4.79 Å². The first-order valence-corrected chi connectivity index (χ1v) is 7.02. The van der Waals surface area contributed by atoms with E-state index >= 15 is 0 Å². The molecule has 2 rings (SSSR count). The van der Waals surface area contributed by atoms with Gasteiger partial charge in [-0.1, -0.05) is 41.9 Å². The zero-order valence-corrected chi connectivity index (χ0v) is 12.0. The molecule has 19 heavy (non-hydrogen) atoms. The molecule has 0 aliphatic carbocycles. The van der Waals surface area contributed by atoms with Crippen LogP contribution in [0.15, 0.2) is 59.5 Å². The SMILES string of the molecule is CC(Sc1ccccc1)(C(N)=O)c1ccc(Cl)cc1. The average Bonchev–Trinajstić information content (AvgIpc) is 2.40. The summed E-state index contributed by atoms with van der Waals surface area (Å²) in [6.07, 6.45) is 0. The summed E-state index contributed by atoms with van der Waals surface area (Å²) in [4.78, 5) is 12.9. The summed E-state index contributed by atoms with van der Waals surface area (Å²) in [7, 11) is 0. The first-order valence-electron chi connectivity index (χ1n) is 5.82. The molecule has 0 fully saturated rings. The molecule has 0 radical (unpaired) electrons. The molecule has 2 N–H and O–H groups in total. The Labute approximate surface area is 122 Å². The molecule has 1 amide bonds. The van der Waals surface area contributed by atoms with Gasteiger partial charge in [-0.05, 0) is 36.8 Å². The third-order valence-electron chi connectivity index (χ3n) is 2.93. The number of nitrogens with two attached hydrogens (primary N) is 1. The predicted molar refractivity (Wildman–Crippen MR) is 80.3 cm³/mol. The molecule has 0 bridgehead atoms. The van der Waals surface area contributed by atoms with Gasteiger partial charge in [0.2, 0.25) is 5.91 Å². The number of hydrogen-bond donors (Lipinski definition) is 1. The normalized spacial score (nSPS) is 13.8. The molecule has 0 aliphatic heterocycles. The zero-order valence-electron chi connectivity index (χ0n) is 10.5. The Balaban J connectivity index is 2.38. The van der Waals surface area contributed by atoms with Crippen LogP contribution in [0.5, 0.6) is 0 Å². The van der Waals surface area contributed by atoms with Crippen molar-refractivity contribution in [2.24, 2.45) is 5.73 Å². The third kappa shape index (κ3) is 3.11. The predicted octanol–water partition coefficient (Wildman–Crippen LogP) is 3.83. The monoisotopic (exact) mass is 291 g/mol. The maximum atomic E-state index is 11.9. The lowest BCUT2D eigenvalue weighted by molar-refractivity contribution is -0.120. The van der Waals surface area contributed by atoms with Crippen LogP contribution in [0.4, 0.5) is 0 Å². The summed E-state index contributed by atoms with van der Waals surface area (Å²) in [6.45, 7) is 1.83. The van der Waals surface area contributed by atoms with Crippen LogP contribution >= 0.6 is 23.4 Å². The molecule has 0 spiro atoms. The van der Waals surface area contributed by atoms with Gasteiger partial charge in [0.05, 0.1) is 0 Å². The summed E-state index contributed by atoms with van der Waals surface area (Å²) in [6, 6.07) is 16.9. The van der Waals surface area contributed by atoms with Crippen LogP contribution in [-0.2, 0) is 9.54 Å². The molecular formula is C15H14ClNOS. The first kappa shape index (κ1) is 14.0. The van der Waals surface area contributed by atoms with E-state index in [9.17, 15) is 4.79 Å². The molecule has 4 heteroatoms. The molecule has 0 saturated carbocycles. The van der Waals surface area contributed by atoms with Crippen LogP contribution < -0.4 is 5.73 Å². The van der Waals surface area contributed by atoms with Crippen molar-refractivity contribution in [2.75, 3.05) is 0 Å². The molecule has 0 aromatic heterocycles. The van der Waals surface area contributed by atoms with Gasteiger partial charge in [-0.15, -0.1) is 11.8 Å². The van der Waals surface area contributed by atoms with Crippen molar-refractivity contribution in [1.82, 2.24) is 0 Å². The second-order valence-electron chi connectivity index (χ2n) is 4.32. The van der Waals surface area contributed by atoms with Gasteiger partial charge < -0.3 is 5.73 Å². The van der Waals surface area contributed by atoms with Crippen molar-refractivity contribution in [1.29, 1.82) is 0 Å². The standard InChI is InChI=1S/C15H14ClNOS/c1-15(14(17)18,11-7-9-12(16)10-8-11)19-13-5-3-2-4-6-13/h2-10H,1H3,(H2,17,18). The van der Waals surface area contributed by atoms with E-state index in [0.29, 0.717) is 5.02 Å². The fraction of sp³-hybridized carbons (Fsp3) is 0.133. The largest absolute Gasteiger partial charge is 0.368 e. The molecule has 2 aromatic rings. The minimum atomic E-state index is -0.814. The van der Waals surface area contributed by atoms with Crippen LogP contribution in [0.25, 0.3) is 0 Å². The Bertz CT molecular complexity index is 570. The molecule has 0 heterocycles. The van der Waals surface area contributed by atoms with E-state index < -0.39 is 4.75 Å². The van der Waals surface area contributed by atoms with Gasteiger partial charge in [0.25, 0.3) is 0 Å². The van der Waals surface area contributed by atoms with Crippen LogP contribution in [0.2, 0.25) is 5.02 Å². The number of benzene rings is 2. The van der Waals surface area contributed by atoms with E-state index in [1.165, 1.54) is 11.8 Å². The van der Waals surface area contributed by atoms with Crippen molar-refractivity contribution >= 4 is 29.3 Å². The lowest BCUT2D eigenvalue weighted by Crippen LogP contribution is -2.35. The summed E-state index contributed by atoms with van der Waals surface area (Å²) in [5.74, 6) is -0.372. The van der Waals surface area contributed by atoms with Crippen molar-refractivity contribution in [3.05, 3.63) is 65.2 Å². The van der Waals surface area contributed by atoms with E-state index in [1.807, 2.05) is 49.4 Å². The zero-order chi connectivity index (χ0) is 13.9. The highest BCUT2D eigenvalue weighted by molar-refractivity contribution is 8.01. The quantitative estimate of drug-likeness (QED) is 0.870. The summed E-state index contributed by atoms with van der Waals surface area (Å²) in [5, 5.41) is 0.639. The Morgan fingerprint density at radius 2 is 1.68 bits per heavy atom. The van der Waals surface area contributed by atoms with Gasteiger partial charge in [-0.25, -0.2) is 0 Å². The Kier molecular flexibility index (Phi) is 4.17. The minimum absolute atomic E-state index is 0.372. The highest BCUT2D eigenvalue weighted by Gasteiger charge is 2.34. The van der Waals surface area contributed by atoms with Crippen molar-refractivity contribution in [3.63, 3.8) is 0 Å². The van der Waals surface area contributed by atoms with Gasteiger partial charge in [0.15, 0.2) is 0 Å². The highest BCUT2D eigenvalue weighted by Crippen LogP contribution is 2.41. The Morgan fingerprint density at radius 1 is 1.11 bits per heavy atom. The molecule has 98 valence electrons. The van der Waals surface area contributed by atoms with Crippen molar-refractivity contribution in [3.8, 4) is 0 Å². The second kappa shape index (κ2) is 5.68. The number of amides is 1. The molecule has 1 unspecified atom stereocenters. The van der Waals surface area contributed by atoms with Gasteiger partial charge in [-0.2, -0.15) is 0 Å². The smallest absolute Gasteiger partial charge is 0.238 e. The van der Waals surface area contributed by atoms with Crippen LogP contribution in [0, 0.1) is 0 Å². The van der Waals surface area contributed by atoms with E-state index in [4.69, 9.17) is 17.3 Å². The van der Waals surface area contributed by atoms with Crippen LogP contribution in [-0.4, -0.2) is 5.91 Å². The number of thioether (sulfide) groups is 1. The summed E-state index contributed by atoms with van der Waals surface area (Å²) < 4.78 is -0.814. The Morgan fingerprint density at radius 3 is 2.21 bits per heavy atom. The highest BCUT2D eigenvalue weighted by atomic mass is 35.5. The van der Waals surface area contributed by atoms with Crippen LogP contribution in [0.3, 0.4) is 0 Å². The second-order valence-corrected chi connectivity index (χ2v) is 6.25. The number of carbonyl (C=O) groups is 1. The molecule has 1 atom stereocenters. The summed E-state index contributed by atoms with van der Waals surface area (Å²) in [5.41, 5.74) is 6.44. The maximum Gasteiger partial charge on any atom is 0.238 e. The average molecular weight is 292 g/mol. The number of primary amides is 1. The Hall–Kier alpha value is -1.45. The molecule has 2 aromatic carbocycles. The molecule has 0 saturated heterocycles. The maximum absolute atomic E-state index is 11.9. The number of carbonyl (C=O) groups excluding carboxylic acids is 1. The van der Waals surface area contributed by atoms with Crippen molar-refractivity contribution in [2.45, 2.75) is 16.6 Å². The van der Waals surface area contributed by atoms with Crippen molar-refractivity contribution < 1.29 is 4.79 Å². The lowest BCUT2D eigenvalue weighted by atomic mass is 10.00. The van der Waals surface area contributed by atoms with E-state index in [0.717, 1.165) is 10.5 Å². The molecular weight excluding hydrogens is 278 g/mol. The topological polar surface area (TPSA) is 43.1 Å². The van der Waals surface area contributed by atoms with E-state index in [2.05, 4.69) is 0 Å². The van der Waals surface area contributed by atoms with Gasteiger partial charge in [0.1, 0.15) is 4.75 Å². The number of hydrogen-bond acceptors (Lipinski definition) is 2. The first-order chi connectivity index (χ1) is 9.02. The fourth-order valence-corrected chi connectivity index (χ4v) is 2.99. The number of halogens is 1.